The number of nitrogens with one attached hydrogen (secondary N) is 1. The molecule has 1 aliphatic carbocycles. The zero-order valence-corrected chi connectivity index (χ0v) is 11.0. The summed E-state index contributed by atoms with van der Waals surface area (Å²) in [5, 5.41) is 12.0. The molecule has 0 saturated heterocycles. The second-order valence-corrected chi connectivity index (χ2v) is 7.05. The minimum Gasteiger partial charge on any atom is -0.481 e. The van der Waals surface area contributed by atoms with Gasteiger partial charge in [-0.1, -0.05) is 6.92 Å². The Morgan fingerprint density at radius 2 is 1.88 bits per heavy atom. The molecule has 17 heavy (non-hydrogen) atoms. The van der Waals surface area contributed by atoms with Crippen molar-refractivity contribution < 1.29 is 18.3 Å². The molecule has 0 radical (unpaired) electrons. The molecule has 0 aliphatic heterocycles. The maximum Gasteiger partial charge on any atom is 0.306 e. The van der Waals surface area contributed by atoms with Crippen LogP contribution in [0.25, 0.3) is 0 Å². The normalized spacial score (nSPS) is 25.7. The van der Waals surface area contributed by atoms with Crippen LogP contribution in [-0.2, 0) is 14.6 Å². The van der Waals surface area contributed by atoms with Crippen molar-refractivity contribution >= 4 is 15.8 Å². The maximum atomic E-state index is 11.3. The predicted octanol–water partition coefficient (Wildman–Crippen LogP) is 0.654. The van der Waals surface area contributed by atoms with Gasteiger partial charge in [0.1, 0.15) is 0 Å². The second kappa shape index (κ2) is 6.35. The smallest absolute Gasteiger partial charge is 0.306 e. The minimum atomic E-state index is -2.90. The Kier molecular flexibility index (Phi) is 5.39. The van der Waals surface area contributed by atoms with E-state index in [1.165, 1.54) is 0 Å². The average Bonchev–Trinajstić information content (AvgIpc) is 2.29. The van der Waals surface area contributed by atoms with Crippen LogP contribution in [0.2, 0.25) is 0 Å². The highest BCUT2D eigenvalue weighted by atomic mass is 32.2. The van der Waals surface area contributed by atoms with Crippen LogP contribution in [0, 0.1) is 5.92 Å². The summed E-state index contributed by atoms with van der Waals surface area (Å²) in [5.41, 5.74) is 0. The number of carbonyl (C=O) groups is 1. The van der Waals surface area contributed by atoms with Gasteiger partial charge in [0, 0.05) is 18.3 Å². The first-order valence-corrected chi connectivity index (χ1v) is 7.93. The van der Waals surface area contributed by atoms with E-state index in [4.69, 9.17) is 5.11 Å². The Morgan fingerprint density at radius 1 is 1.29 bits per heavy atom. The molecule has 1 rings (SSSR count). The average molecular weight is 263 g/mol. The standard InChI is InChI=1S/C11H21NO4S/c1-2-17(15,16)8-7-12-10-5-3-9(4-6-10)11(13)14/h9-10,12H,2-8H2,1H3,(H,13,14). The van der Waals surface area contributed by atoms with Gasteiger partial charge in [-0.15, -0.1) is 0 Å². The van der Waals surface area contributed by atoms with E-state index in [1.807, 2.05) is 0 Å². The van der Waals surface area contributed by atoms with Crippen molar-refractivity contribution in [1.82, 2.24) is 5.32 Å². The summed E-state index contributed by atoms with van der Waals surface area (Å²) >= 11 is 0. The molecule has 5 nitrogen and oxygen atoms in total. The summed E-state index contributed by atoms with van der Waals surface area (Å²) in [4.78, 5) is 10.7. The van der Waals surface area contributed by atoms with Crippen molar-refractivity contribution in [2.45, 2.75) is 38.6 Å². The van der Waals surface area contributed by atoms with E-state index in [0.717, 1.165) is 12.8 Å². The van der Waals surface area contributed by atoms with Crippen molar-refractivity contribution in [3.63, 3.8) is 0 Å². The molecule has 6 heteroatoms. The Bertz CT molecular complexity index is 344. The summed E-state index contributed by atoms with van der Waals surface area (Å²) < 4.78 is 22.5. The van der Waals surface area contributed by atoms with Crippen molar-refractivity contribution in [3.05, 3.63) is 0 Å². The van der Waals surface area contributed by atoms with Gasteiger partial charge in [-0.2, -0.15) is 0 Å². The van der Waals surface area contributed by atoms with Crippen molar-refractivity contribution in [2.75, 3.05) is 18.1 Å². The first-order valence-electron chi connectivity index (χ1n) is 6.11. The number of aliphatic carboxylic acids is 1. The van der Waals surface area contributed by atoms with Gasteiger partial charge in [-0.3, -0.25) is 4.79 Å². The van der Waals surface area contributed by atoms with E-state index in [9.17, 15) is 13.2 Å². The van der Waals surface area contributed by atoms with Gasteiger partial charge in [0.15, 0.2) is 9.84 Å². The lowest BCUT2D eigenvalue weighted by molar-refractivity contribution is -0.142. The molecule has 0 amide bonds. The molecular weight excluding hydrogens is 242 g/mol. The van der Waals surface area contributed by atoms with Gasteiger partial charge in [0.25, 0.3) is 0 Å². The molecule has 2 N–H and O–H groups in total. The fraction of sp³-hybridized carbons (Fsp3) is 0.909. The number of hydrogen-bond donors (Lipinski definition) is 2. The van der Waals surface area contributed by atoms with E-state index >= 15 is 0 Å². The molecule has 0 heterocycles. The predicted molar refractivity (Wildman–Crippen MR) is 65.7 cm³/mol. The number of sulfone groups is 1. The van der Waals surface area contributed by atoms with Crippen molar-refractivity contribution in [3.8, 4) is 0 Å². The highest BCUT2D eigenvalue weighted by Gasteiger charge is 2.25. The monoisotopic (exact) mass is 263 g/mol. The molecule has 1 fully saturated rings. The third-order valence-electron chi connectivity index (χ3n) is 3.36. The van der Waals surface area contributed by atoms with E-state index in [2.05, 4.69) is 5.32 Å². The first kappa shape index (κ1) is 14.4. The topological polar surface area (TPSA) is 83.5 Å². The lowest BCUT2D eigenvalue weighted by Crippen LogP contribution is -2.37. The molecule has 0 aromatic carbocycles. The summed E-state index contributed by atoms with van der Waals surface area (Å²) in [5.74, 6) is -0.576. The van der Waals surface area contributed by atoms with Crippen LogP contribution in [-0.4, -0.2) is 43.6 Å². The van der Waals surface area contributed by atoms with Crippen molar-refractivity contribution in [2.24, 2.45) is 5.92 Å². The van der Waals surface area contributed by atoms with E-state index < -0.39 is 15.8 Å². The molecule has 100 valence electrons. The van der Waals surface area contributed by atoms with E-state index in [1.54, 1.807) is 6.92 Å². The van der Waals surface area contributed by atoms with Crippen LogP contribution in [0.15, 0.2) is 0 Å². The Hall–Kier alpha value is -0.620. The SMILES string of the molecule is CCS(=O)(=O)CCNC1CCC(C(=O)O)CC1. The van der Waals surface area contributed by atoms with Crippen LogP contribution in [0.4, 0.5) is 0 Å². The highest BCUT2D eigenvalue weighted by molar-refractivity contribution is 7.91. The van der Waals surface area contributed by atoms with Gasteiger partial charge < -0.3 is 10.4 Å². The van der Waals surface area contributed by atoms with Crippen LogP contribution in [0.3, 0.4) is 0 Å². The van der Waals surface area contributed by atoms with Gasteiger partial charge in [-0.05, 0) is 25.7 Å². The lowest BCUT2D eigenvalue weighted by Gasteiger charge is -2.26. The minimum absolute atomic E-state index is 0.169. The van der Waals surface area contributed by atoms with Crippen LogP contribution in [0.1, 0.15) is 32.6 Å². The Labute approximate surface area is 103 Å². The van der Waals surface area contributed by atoms with E-state index in [0.29, 0.717) is 19.4 Å². The Morgan fingerprint density at radius 3 is 2.35 bits per heavy atom. The molecule has 0 bridgehead atoms. The fourth-order valence-electron chi connectivity index (χ4n) is 2.11. The largest absolute Gasteiger partial charge is 0.481 e. The van der Waals surface area contributed by atoms with E-state index in [-0.39, 0.29) is 23.5 Å². The quantitative estimate of drug-likeness (QED) is 0.735. The molecule has 0 spiro atoms. The third-order valence-corrected chi connectivity index (χ3v) is 5.07. The van der Waals surface area contributed by atoms with Gasteiger partial charge in [-0.25, -0.2) is 8.42 Å². The molecule has 0 atom stereocenters. The molecule has 0 aromatic heterocycles. The lowest BCUT2D eigenvalue weighted by atomic mass is 9.86. The number of hydrogen-bond acceptors (Lipinski definition) is 4. The van der Waals surface area contributed by atoms with Crippen LogP contribution < -0.4 is 5.32 Å². The number of carboxylic acid groups (broad SMARTS) is 1. The van der Waals surface area contributed by atoms with Crippen molar-refractivity contribution in [1.29, 1.82) is 0 Å². The van der Waals surface area contributed by atoms with Gasteiger partial charge in [0.05, 0.1) is 11.7 Å². The number of carboxylic acids is 1. The van der Waals surface area contributed by atoms with Gasteiger partial charge >= 0.3 is 5.97 Å². The maximum absolute atomic E-state index is 11.3. The number of rotatable bonds is 6. The summed E-state index contributed by atoms with van der Waals surface area (Å²) in [6.45, 7) is 2.12. The zero-order chi connectivity index (χ0) is 12.9. The Balaban J connectivity index is 2.21. The third kappa shape index (κ3) is 5.04. The molecule has 0 unspecified atom stereocenters. The second-order valence-electron chi connectivity index (χ2n) is 4.58. The molecule has 1 aliphatic rings. The highest BCUT2D eigenvalue weighted by Crippen LogP contribution is 2.24. The summed E-state index contributed by atoms with van der Waals surface area (Å²) in [6.07, 6.45) is 3.02. The summed E-state index contributed by atoms with van der Waals surface area (Å²) in [7, 11) is -2.90. The van der Waals surface area contributed by atoms with Crippen LogP contribution in [0.5, 0.6) is 0 Å². The first-order chi connectivity index (χ1) is 7.94. The zero-order valence-electron chi connectivity index (χ0n) is 10.2. The summed E-state index contributed by atoms with van der Waals surface area (Å²) in [6, 6.07) is 0.276. The fourth-order valence-corrected chi connectivity index (χ4v) is 2.82. The molecule has 1 saturated carbocycles. The molecular formula is C11H21NO4S. The van der Waals surface area contributed by atoms with Gasteiger partial charge in [0.2, 0.25) is 0 Å². The van der Waals surface area contributed by atoms with Crippen LogP contribution >= 0.6 is 0 Å². The molecule has 0 aromatic rings.